The number of nitrogens with zero attached hydrogens (tertiary/aromatic N) is 1. The monoisotopic (exact) mass is 423 g/mol. The molecule has 1 heterocycles. The van der Waals surface area contributed by atoms with Gasteiger partial charge in [0.1, 0.15) is 0 Å². The number of carbonyl (C=O) groups excluding carboxylic acids is 1. The summed E-state index contributed by atoms with van der Waals surface area (Å²) < 4.78 is 0. The van der Waals surface area contributed by atoms with E-state index in [0.717, 1.165) is 18.7 Å². The predicted molar refractivity (Wildman–Crippen MR) is 135 cm³/mol. The Morgan fingerprint density at radius 3 is 2.12 bits per heavy atom. The maximum atomic E-state index is 13.2. The van der Waals surface area contributed by atoms with E-state index >= 15 is 0 Å². The van der Waals surface area contributed by atoms with Gasteiger partial charge in [0.15, 0.2) is 0 Å². The first kappa shape index (κ1) is 22.1. The van der Waals surface area contributed by atoms with Crippen molar-refractivity contribution in [3.8, 4) is 0 Å². The van der Waals surface area contributed by atoms with Crippen molar-refractivity contribution in [3.63, 3.8) is 0 Å². The van der Waals surface area contributed by atoms with Crippen LogP contribution < -0.4 is 4.90 Å². The normalized spacial score (nSPS) is 19.2. The smallest absolute Gasteiger partial charge is 0.232 e. The number of anilines is 1. The van der Waals surface area contributed by atoms with Crippen LogP contribution in [0.25, 0.3) is 5.57 Å². The number of hydrogen-bond donors (Lipinski definition) is 0. The third-order valence-corrected chi connectivity index (χ3v) is 6.84. The lowest BCUT2D eigenvalue weighted by atomic mass is 9.76. The highest BCUT2D eigenvalue weighted by molar-refractivity contribution is 5.99. The molecule has 0 aliphatic carbocycles. The Labute approximate surface area is 192 Å². The lowest BCUT2D eigenvalue weighted by molar-refractivity contribution is -0.125. The van der Waals surface area contributed by atoms with Crippen LogP contribution in [0.15, 0.2) is 91.0 Å². The number of carbonyl (C=O) groups is 1. The Balaban J connectivity index is 1.60. The average molecular weight is 424 g/mol. The number of aryl methyl sites for hydroxylation is 1. The number of rotatable bonds is 6. The zero-order valence-electron chi connectivity index (χ0n) is 19.6. The molecule has 1 fully saturated rings. The van der Waals surface area contributed by atoms with E-state index in [-0.39, 0.29) is 11.3 Å². The molecule has 32 heavy (non-hydrogen) atoms. The Hall–Kier alpha value is -3.13. The van der Waals surface area contributed by atoms with Crippen LogP contribution in [0.5, 0.6) is 0 Å². The molecule has 2 unspecified atom stereocenters. The van der Waals surface area contributed by atoms with Crippen LogP contribution in [0.2, 0.25) is 0 Å². The first-order chi connectivity index (χ1) is 15.4. The highest BCUT2D eigenvalue weighted by Gasteiger charge is 2.47. The molecule has 1 saturated heterocycles. The van der Waals surface area contributed by atoms with Crippen molar-refractivity contribution >= 4 is 17.2 Å². The predicted octanol–water partition coefficient (Wildman–Crippen LogP) is 7.14. The van der Waals surface area contributed by atoms with Gasteiger partial charge in [-0.15, -0.1) is 0 Å². The minimum absolute atomic E-state index is 0.228. The molecule has 2 atom stereocenters. The van der Waals surface area contributed by atoms with Crippen molar-refractivity contribution in [3.05, 3.63) is 108 Å². The largest absolute Gasteiger partial charge is 0.312 e. The van der Waals surface area contributed by atoms with E-state index < -0.39 is 0 Å². The first-order valence-corrected chi connectivity index (χ1v) is 11.6. The molecule has 2 nitrogen and oxygen atoms in total. The van der Waals surface area contributed by atoms with Gasteiger partial charge in [0.2, 0.25) is 5.91 Å². The van der Waals surface area contributed by atoms with Gasteiger partial charge in [-0.3, -0.25) is 4.79 Å². The summed E-state index contributed by atoms with van der Waals surface area (Å²) in [7, 11) is 0. The van der Waals surface area contributed by atoms with Gasteiger partial charge in [-0.25, -0.2) is 0 Å². The fourth-order valence-electron chi connectivity index (χ4n) is 4.77. The van der Waals surface area contributed by atoms with E-state index in [1.54, 1.807) is 0 Å². The van der Waals surface area contributed by atoms with E-state index in [0.29, 0.717) is 11.8 Å². The summed E-state index contributed by atoms with van der Waals surface area (Å²) in [5.41, 5.74) is 5.63. The Morgan fingerprint density at radius 2 is 1.50 bits per heavy atom. The molecule has 1 aliphatic heterocycles. The molecule has 4 rings (SSSR count). The van der Waals surface area contributed by atoms with Gasteiger partial charge in [-0.05, 0) is 54.0 Å². The molecule has 0 N–H and O–H groups in total. The summed E-state index contributed by atoms with van der Waals surface area (Å²) in [4.78, 5) is 15.2. The molecular weight excluding hydrogens is 390 g/mol. The van der Waals surface area contributed by atoms with Crippen molar-refractivity contribution in [1.29, 1.82) is 0 Å². The molecular formula is C30H33NO. The second kappa shape index (κ2) is 9.16. The second-order valence-electron chi connectivity index (χ2n) is 9.70. The molecule has 1 aliphatic rings. The summed E-state index contributed by atoms with van der Waals surface area (Å²) in [6.45, 7) is 9.40. The molecule has 0 spiro atoms. The fourth-order valence-corrected chi connectivity index (χ4v) is 4.77. The number of amides is 1. The summed E-state index contributed by atoms with van der Waals surface area (Å²) in [6.07, 6.45) is 3.37. The van der Waals surface area contributed by atoms with Gasteiger partial charge in [0.05, 0.1) is 0 Å². The molecule has 0 radical (unpaired) electrons. The second-order valence-corrected chi connectivity index (χ2v) is 9.70. The minimum Gasteiger partial charge on any atom is -0.312 e. The van der Waals surface area contributed by atoms with E-state index in [9.17, 15) is 4.79 Å². The third kappa shape index (κ3) is 4.55. The van der Waals surface area contributed by atoms with Crippen molar-refractivity contribution < 1.29 is 4.79 Å². The van der Waals surface area contributed by atoms with Gasteiger partial charge >= 0.3 is 0 Å². The first-order valence-electron chi connectivity index (χ1n) is 11.6. The third-order valence-electron chi connectivity index (χ3n) is 6.84. The highest BCUT2D eigenvalue weighted by atomic mass is 16.2. The SMILES string of the molecule is Cc1ccc(/C(=C\C(C)CC2CN(c3ccccc3)C(=O)C2(C)C)c2ccccc2)cc1. The minimum atomic E-state index is -0.366. The Bertz CT molecular complexity index is 1080. The van der Waals surface area contributed by atoms with E-state index in [2.05, 4.69) is 88.4 Å². The topological polar surface area (TPSA) is 20.3 Å². The molecule has 2 heteroatoms. The van der Waals surface area contributed by atoms with Crippen LogP contribution >= 0.6 is 0 Å². The molecule has 164 valence electrons. The fraction of sp³-hybridized carbons (Fsp3) is 0.300. The highest BCUT2D eigenvalue weighted by Crippen LogP contribution is 2.42. The van der Waals surface area contributed by atoms with Gasteiger partial charge < -0.3 is 4.90 Å². The molecule has 1 amide bonds. The van der Waals surface area contributed by atoms with Gasteiger partial charge in [-0.2, -0.15) is 0 Å². The van der Waals surface area contributed by atoms with Gasteiger partial charge in [0.25, 0.3) is 0 Å². The number of benzene rings is 3. The maximum absolute atomic E-state index is 13.2. The standard InChI is InChI=1S/C30H33NO/c1-22-15-17-25(18-16-22)28(24-11-7-5-8-12-24)20-23(2)19-26-21-31(29(32)30(26,3)4)27-13-9-6-10-14-27/h5-18,20,23,26H,19,21H2,1-4H3/b28-20-. The molecule has 0 bridgehead atoms. The van der Waals surface area contributed by atoms with Crippen LogP contribution in [0.3, 0.4) is 0 Å². The lowest BCUT2D eigenvalue weighted by Crippen LogP contribution is -2.31. The van der Waals surface area contributed by atoms with Crippen LogP contribution in [0, 0.1) is 24.2 Å². The Morgan fingerprint density at radius 1 is 0.938 bits per heavy atom. The van der Waals surface area contributed by atoms with Crippen molar-refractivity contribution in [1.82, 2.24) is 0 Å². The quantitative estimate of drug-likeness (QED) is 0.412. The van der Waals surface area contributed by atoms with Gasteiger partial charge in [-0.1, -0.05) is 105 Å². The van der Waals surface area contributed by atoms with Crippen molar-refractivity contribution in [2.24, 2.45) is 17.3 Å². The van der Waals surface area contributed by atoms with Crippen molar-refractivity contribution in [2.75, 3.05) is 11.4 Å². The number of para-hydroxylation sites is 1. The van der Waals surface area contributed by atoms with Crippen LogP contribution in [-0.4, -0.2) is 12.5 Å². The Kier molecular flexibility index (Phi) is 6.32. The number of allylic oxidation sites excluding steroid dienone is 1. The average Bonchev–Trinajstić information content (AvgIpc) is 3.03. The van der Waals surface area contributed by atoms with Crippen LogP contribution in [0.1, 0.15) is 43.9 Å². The van der Waals surface area contributed by atoms with Crippen LogP contribution in [0.4, 0.5) is 5.69 Å². The van der Waals surface area contributed by atoms with E-state index in [4.69, 9.17) is 0 Å². The molecule has 0 saturated carbocycles. The van der Waals surface area contributed by atoms with Gasteiger partial charge in [0, 0.05) is 17.6 Å². The van der Waals surface area contributed by atoms with E-state index in [1.165, 1.54) is 22.3 Å². The zero-order chi connectivity index (χ0) is 22.7. The zero-order valence-corrected chi connectivity index (χ0v) is 19.6. The summed E-state index contributed by atoms with van der Waals surface area (Å²) in [5.74, 6) is 0.877. The molecule has 3 aromatic rings. The van der Waals surface area contributed by atoms with Crippen molar-refractivity contribution in [2.45, 2.75) is 34.1 Å². The molecule has 0 aromatic heterocycles. The summed E-state index contributed by atoms with van der Waals surface area (Å²) in [5, 5.41) is 0. The van der Waals surface area contributed by atoms with Crippen LogP contribution in [-0.2, 0) is 4.79 Å². The number of hydrogen-bond acceptors (Lipinski definition) is 1. The maximum Gasteiger partial charge on any atom is 0.232 e. The van der Waals surface area contributed by atoms with E-state index in [1.807, 2.05) is 35.2 Å². The summed E-state index contributed by atoms with van der Waals surface area (Å²) >= 11 is 0. The summed E-state index contributed by atoms with van der Waals surface area (Å²) in [6, 6.07) is 29.4. The molecule has 3 aromatic carbocycles. The lowest BCUT2D eigenvalue weighted by Gasteiger charge is -2.25.